The van der Waals surface area contributed by atoms with Crippen LogP contribution >= 0.6 is 0 Å². The Bertz CT molecular complexity index is 2980. The number of carbonyl (C=O) groups is 4. The summed E-state index contributed by atoms with van der Waals surface area (Å²) in [6.45, 7) is 7.23. The van der Waals surface area contributed by atoms with Crippen LogP contribution in [0.3, 0.4) is 0 Å². The molecule has 1 fully saturated rings. The fourth-order valence-electron chi connectivity index (χ4n) is 9.94. The summed E-state index contributed by atoms with van der Waals surface area (Å²) in [4.78, 5) is 59.4. The van der Waals surface area contributed by atoms with E-state index in [0.717, 1.165) is 0 Å². The van der Waals surface area contributed by atoms with Gasteiger partial charge in [0, 0.05) is 81.1 Å². The second kappa shape index (κ2) is 27.5. The Kier molecular flexibility index (Phi) is 21.9. The molecule has 438 valence electrons. The molecule has 1 saturated heterocycles. The molecule has 2 amide bonds. The molecular formula is C51H69N3O22S3. The zero-order chi connectivity index (χ0) is 57.8. The lowest BCUT2D eigenvalue weighted by atomic mass is 9.72. The number of fused-ring (bicyclic) bond motifs is 2. The number of nitrogens with zero attached hydrogens (tertiary/aromatic N) is 3. The summed E-state index contributed by atoms with van der Waals surface area (Å²) in [5.74, 6) is -3.99. The average Bonchev–Trinajstić information content (AvgIpc) is 4.18. The predicted octanol–water partition coefficient (Wildman–Crippen LogP) is 3.43. The van der Waals surface area contributed by atoms with Crippen LogP contribution in [-0.4, -0.2) is 191 Å². The van der Waals surface area contributed by atoms with Gasteiger partial charge >= 0.3 is 5.97 Å². The highest BCUT2D eigenvalue weighted by molar-refractivity contribution is 7.86. The van der Waals surface area contributed by atoms with E-state index < -0.39 is 92.1 Å². The molecule has 0 saturated carbocycles. The second-order valence-electron chi connectivity index (χ2n) is 19.4. The van der Waals surface area contributed by atoms with Gasteiger partial charge in [0.05, 0.1) is 105 Å². The van der Waals surface area contributed by atoms with Gasteiger partial charge in [0.25, 0.3) is 42.2 Å². The van der Waals surface area contributed by atoms with Gasteiger partial charge in [-0.1, -0.05) is 6.92 Å². The van der Waals surface area contributed by atoms with Crippen LogP contribution in [0.25, 0.3) is 0 Å². The monoisotopic (exact) mass is 1170 g/mol. The van der Waals surface area contributed by atoms with Gasteiger partial charge in [0.2, 0.25) is 0 Å². The number of aliphatic hydroxyl groups excluding tert-OH is 1. The lowest BCUT2D eigenvalue weighted by Crippen LogP contribution is -2.44. The van der Waals surface area contributed by atoms with E-state index >= 15 is 0 Å². The molecule has 3 aliphatic heterocycles. The number of Topliss-reactive ketones (excluding diaryl/α,β-unsaturated/α-hetero) is 1. The minimum absolute atomic E-state index is 0.0172. The second-order valence-corrected chi connectivity index (χ2v) is 23.8. The fraction of sp³-hybridized carbons (Fsp3) is 0.569. The van der Waals surface area contributed by atoms with Crippen LogP contribution in [0.15, 0.2) is 80.9 Å². The molecule has 1 aliphatic carbocycles. The minimum atomic E-state index is -4.76. The van der Waals surface area contributed by atoms with Crippen LogP contribution in [0.5, 0.6) is 0 Å². The van der Waals surface area contributed by atoms with Gasteiger partial charge in [-0.2, -0.15) is 25.3 Å². The third-order valence-electron chi connectivity index (χ3n) is 14.1. The third-order valence-corrected chi connectivity index (χ3v) is 16.6. The summed E-state index contributed by atoms with van der Waals surface area (Å²) >= 11 is 0. The summed E-state index contributed by atoms with van der Waals surface area (Å²) in [5, 5.41) is 12.4. The molecule has 2 aromatic carbocycles. The highest BCUT2D eigenvalue weighted by atomic mass is 32.2. The molecule has 3 atom stereocenters. The van der Waals surface area contributed by atoms with Crippen LogP contribution in [-0.2, 0) is 98.4 Å². The van der Waals surface area contributed by atoms with Crippen LogP contribution < -0.4 is 9.80 Å². The Morgan fingerprint density at radius 3 is 1.71 bits per heavy atom. The molecule has 3 unspecified atom stereocenters. The Labute approximate surface area is 459 Å². The highest BCUT2D eigenvalue weighted by Crippen LogP contribution is 2.53. The van der Waals surface area contributed by atoms with Crippen LogP contribution in [0, 0.1) is 0 Å². The van der Waals surface area contributed by atoms with Crippen molar-refractivity contribution < 1.29 is 101 Å². The largest absolute Gasteiger partial charge is 0.506 e. The van der Waals surface area contributed by atoms with Crippen molar-refractivity contribution in [2.45, 2.75) is 85.5 Å². The lowest BCUT2D eigenvalue weighted by Gasteiger charge is -2.37. The van der Waals surface area contributed by atoms with Crippen LogP contribution in [0.4, 0.5) is 11.4 Å². The Hall–Kier alpha value is -5.21. The molecule has 0 spiro atoms. The van der Waals surface area contributed by atoms with Crippen molar-refractivity contribution in [3.05, 3.63) is 82.3 Å². The number of carbonyl (C=O) groups excluding carboxylic acids is 4. The molecule has 0 bridgehead atoms. The fourth-order valence-corrected chi connectivity index (χ4v) is 11.5. The van der Waals surface area contributed by atoms with Crippen molar-refractivity contribution in [3.8, 4) is 0 Å². The van der Waals surface area contributed by atoms with Gasteiger partial charge < -0.3 is 52.9 Å². The number of benzene rings is 2. The molecule has 0 radical (unpaired) electrons. The van der Waals surface area contributed by atoms with Crippen molar-refractivity contribution in [3.63, 3.8) is 0 Å². The van der Waals surface area contributed by atoms with Gasteiger partial charge in [0.1, 0.15) is 5.76 Å². The zero-order valence-corrected chi connectivity index (χ0v) is 46.9. The van der Waals surface area contributed by atoms with E-state index in [1.165, 1.54) is 55.7 Å². The van der Waals surface area contributed by atoms with Crippen molar-refractivity contribution in [2.75, 3.05) is 122 Å². The number of rotatable bonds is 34. The Morgan fingerprint density at radius 1 is 0.671 bits per heavy atom. The van der Waals surface area contributed by atoms with Crippen molar-refractivity contribution in [1.29, 1.82) is 0 Å². The van der Waals surface area contributed by atoms with E-state index in [2.05, 4.69) is 0 Å². The quantitative estimate of drug-likeness (QED) is 0.0337. The van der Waals surface area contributed by atoms with Crippen molar-refractivity contribution in [1.82, 2.24) is 5.06 Å². The Morgan fingerprint density at radius 2 is 1.19 bits per heavy atom. The minimum Gasteiger partial charge on any atom is -0.506 e. The summed E-state index contributed by atoms with van der Waals surface area (Å²) in [7, 11) is -10.9. The van der Waals surface area contributed by atoms with Gasteiger partial charge in [-0.05, 0) is 92.3 Å². The topological polar surface area (TPSA) is 335 Å². The first kappa shape index (κ1) is 63.0. The standard InChI is InChI=1S/C51H69N3O22S3/c1-50(14-6-30-77(60,61)62)39-31-35(78(63,64)65)9-11-42(39)53(17-19-71-22-23-73-26-27-75-29-28-74-25-24-72-21-20-70-4)43(50)33-37-48(58)38(49(37)59)34-44-51(2,15-18-69-3)40-32-36(79(66,67)68)8-10-41(40)52(44)16-5-7-47(57)76-54-45(55)12-13-46(54)56/h8-11,31-34,43,58H,5-7,12-30H2,1-4H3,(H,60,61,62)(H,63,64,65)(H,66,67,68)/b37-33?,44-34+. The van der Waals surface area contributed by atoms with E-state index in [1.54, 1.807) is 30.8 Å². The molecule has 0 aromatic heterocycles. The third kappa shape index (κ3) is 15.8. The average molecular weight is 1170 g/mol. The Balaban J connectivity index is 1.27. The maximum atomic E-state index is 14.6. The normalized spacial score (nSPS) is 21.5. The van der Waals surface area contributed by atoms with Gasteiger partial charge in [0.15, 0.2) is 5.78 Å². The predicted molar refractivity (Wildman–Crippen MR) is 281 cm³/mol. The lowest BCUT2D eigenvalue weighted by molar-refractivity contribution is -0.197. The van der Waals surface area contributed by atoms with Crippen LogP contribution in [0.2, 0.25) is 0 Å². The summed E-state index contributed by atoms with van der Waals surface area (Å²) in [6, 6.07) is 6.90. The SMILES string of the molecule is COCCOCCOCCOCCOCCOCCN1c2ccc(S(=O)(=O)O)cc2C(C)(CCCS(=O)(=O)O)C1C=C1C(=O)C(/C=C2/N(CCCC(=O)ON3C(=O)CCC3=O)c3ccc(S(=O)(=O)O)cc3C2(C)CCOC)=C1O. The maximum absolute atomic E-state index is 14.6. The number of methoxy groups -OCH3 is 2. The number of imide groups is 1. The molecule has 28 heteroatoms. The molecule has 25 nitrogen and oxygen atoms in total. The number of anilines is 2. The van der Waals surface area contributed by atoms with Crippen molar-refractivity contribution >= 4 is 65.3 Å². The molecule has 79 heavy (non-hydrogen) atoms. The van der Waals surface area contributed by atoms with Gasteiger partial charge in [-0.25, -0.2) is 4.79 Å². The van der Waals surface area contributed by atoms with E-state index in [4.69, 9.17) is 38.0 Å². The molecule has 4 aliphatic rings. The highest BCUT2D eigenvalue weighted by Gasteiger charge is 2.50. The number of amides is 2. The number of hydrogen-bond acceptors (Lipinski definition) is 21. The first-order valence-electron chi connectivity index (χ1n) is 25.4. The van der Waals surface area contributed by atoms with E-state index in [0.29, 0.717) is 79.5 Å². The molecule has 2 aromatic rings. The van der Waals surface area contributed by atoms with E-state index in [1.807, 2.05) is 0 Å². The molecule has 6 rings (SSSR count). The van der Waals surface area contributed by atoms with E-state index in [9.17, 15) is 63.2 Å². The number of aliphatic hydroxyl groups is 1. The number of ketones is 1. The molecular weight excluding hydrogens is 1100 g/mol. The number of hydrogen-bond donors (Lipinski definition) is 4. The molecule has 3 heterocycles. The van der Waals surface area contributed by atoms with Crippen LogP contribution in [0.1, 0.15) is 69.9 Å². The van der Waals surface area contributed by atoms with Gasteiger partial charge in [-0.15, -0.1) is 5.06 Å². The first-order valence-corrected chi connectivity index (χ1v) is 29.9. The first-order chi connectivity index (χ1) is 37.4. The summed E-state index contributed by atoms with van der Waals surface area (Å²) < 4.78 is 142. The van der Waals surface area contributed by atoms with Crippen molar-refractivity contribution in [2.24, 2.45) is 0 Å². The maximum Gasteiger partial charge on any atom is 0.333 e. The smallest absolute Gasteiger partial charge is 0.333 e. The van der Waals surface area contributed by atoms with E-state index in [-0.39, 0.29) is 102 Å². The number of allylic oxidation sites excluding steroid dienone is 4. The summed E-state index contributed by atoms with van der Waals surface area (Å²) in [5.41, 5.74) is -0.790. The zero-order valence-electron chi connectivity index (χ0n) is 44.5. The summed E-state index contributed by atoms with van der Waals surface area (Å²) in [6.07, 6.45) is 2.48. The molecule has 4 N–H and O–H groups in total. The van der Waals surface area contributed by atoms with Gasteiger partial charge in [-0.3, -0.25) is 28.0 Å². The number of ether oxygens (including phenoxy) is 7. The number of hydroxylamine groups is 2.